The second-order valence-corrected chi connectivity index (χ2v) is 14.5. The van der Waals surface area contributed by atoms with E-state index in [2.05, 4.69) is 13.2 Å². The Morgan fingerprint density at radius 1 is 1.09 bits per heavy atom. The largest absolute Gasteiger partial charge is 0.394 e. The number of halogens is 1. The molecule has 44 heavy (non-hydrogen) atoms. The summed E-state index contributed by atoms with van der Waals surface area (Å²) in [5, 5.41) is 11.0. The third kappa shape index (κ3) is 5.39. The Bertz CT molecular complexity index is 1410. The molecule has 2 unspecified atom stereocenters. The molecular formula is C35H42ClN3O4S. The van der Waals surface area contributed by atoms with E-state index >= 15 is 0 Å². The first-order valence-corrected chi connectivity index (χ1v) is 16.6. The zero-order chi connectivity index (χ0) is 31.8. The minimum absolute atomic E-state index is 0.0995. The Morgan fingerprint density at radius 2 is 1.77 bits per heavy atom. The van der Waals surface area contributed by atoms with E-state index in [0.29, 0.717) is 30.1 Å². The number of carbonyl (C=O) groups excluding carboxylic acids is 3. The number of likely N-dealkylation sites (tertiary alicyclic amines) is 1. The van der Waals surface area contributed by atoms with Crippen LogP contribution in [0, 0.1) is 24.7 Å². The number of anilines is 2. The summed E-state index contributed by atoms with van der Waals surface area (Å²) in [6, 6.07) is 13.5. The van der Waals surface area contributed by atoms with Crippen LogP contribution in [0.4, 0.5) is 11.4 Å². The van der Waals surface area contributed by atoms with Crippen molar-refractivity contribution in [1.29, 1.82) is 0 Å². The summed E-state index contributed by atoms with van der Waals surface area (Å²) < 4.78 is -0.811. The summed E-state index contributed by atoms with van der Waals surface area (Å²) in [5.74, 6) is -1.73. The number of nitrogens with zero attached hydrogens (tertiary/aromatic N) is 3. The summed E-state index contributed by atoms with van der Waals surface area (Å²) in [4.78, 5) is 49.2. The first kappa shape index (κ1) is 32.3. The predicted octanol–water partition coefficient (Wildman–Crippen LogP) is 5.88. The van der Waals surface area contributed by atoms with Crippen molar-refractivity contribution in [2.75, 3.05) is 29.5 Å². The van der Waals surface area contributed by atoms with Crippen molar-refractivity contribution < 1.29 is 19.5 Å². The average Bonchev–Trinajstić information content (AvgIpc) is 3.65. The lowest BCUT2D eigenvalue weighted by Crippen LogP contribution is -2.58. The van der Waals surface area contributed by atoms with Crippen molar-refractivity contribution in [3.63, 3.8) is 0 Å². The Hall–Kier alpha value is -3.07. The smallest absolute Gasteiger partial charge is 0.251 e. The Balaban J connectivity index is 1.63. The van der Waals surface area contributed by atoms with E-state index in [-0.39, 0.29) is 42.0 Å². The van der Waals surface area contributed by atoms with Gasteiger partial charge in [0.2, 0.25) is 11.8 Å². The molecule has 0 aliphatic carbocycles. The first-order valence-electron chi connectivity index (χ1n) is 15.4. The van der Waals surface area contributed by atoms with Crippen LogP contribution in [0.15, 0.2) is 73.8 Å². The van der Waals surface area contributed by atoms with Gasteiger partial charge >= 0.3 is 0 Å². The number of aryl methyl sites for hydroxylation is 1. The predicted molar refractivity (Wildman–Crippen MR) is 179 cm³/mol. The number of hydrogen-bond donors (Lipinski definition) is 1. The summed E-state index contributed by atoms with van der Waals surface area (Å²) in [5.41, 5.74) is 2.16. The van der Waals surface area contributed by atoms with E-state index in [4.69, 9.17) is 11.6 Å². The molecule has 9 heteroatoms. The molecule has 6 atom stereocenters. The molecule has 2 aromatic carbocycles. The number of thioether (sulfide) groups is 1. The molecule has 7 nitrogen and oxygen atoms in total. The SMILES string of the molecule is C=CCN(C(=O)[C@@H]1[C@H]2C(=O)N([C@@H](CO)CC(C)C)C(C(=O)N(CC=C)c3c(C)cccc3Cl)C23CC[C@H]1S3)c1ccccc1. The van der Waals surface area contributed by atoms with Gasteiger partial charge in [-0.05, 0) is 55.9 Å². The molecule has 3 fully saturated rings. The van der Waals surface area contributed by atoms with E-state index in [1.54, 1.807) is 44.7 Å². The van der Waals surface area contributed by atoms with Gasteiger partial charge < -0.3 is 19.8 Å². The van der Waals surface area contributed by atoms with E-state index in [1.807, 2.05) is 63.2 Å². The van der Waals surface area contributed by atoms with Crippen LogP contribution in [0.2, 0.25) is 5.02 Å². The van der Waals surface area contributed by atoms with Crippen molar-refractivity contribution in [2.24, 2.45) is 17.8 Å². The topological polar surface area (TPSA) is 81.2 Å². The number of fused-ring (bicyclic) bond motifs is 1. The second-order valence-electron chi connectivity index (χ2n) is 12.5. The molecule has 0 radical (unpaired) electrons. The van der Waals surface area contributed by atoms with Crippen molar-refractivity contribution in [3.05, 3.63) is 84.4 Å². The van der Waals surface area contributed by atoms with Crippen LogP contribution >= 0.6 is 23.4 Å². The minimum Gasteiger partial charge on any atom is -0.394 e. The van der Waals surface area contributed by atoms with Crippen molar-refractivity contribution in [3.8, 4) is 0 Å². The van der Waals surface area contributed by atoms with Crippen LogP contribution < -0.4 is 9.80 Å². The lowest BCUT2D eigenvalue weighted by Gasteiger charge is -2.40. The van der Waals surface area contributed by atoms with E-state index in [0.717, 1.165) is 17.7 Å². The first-order chi connectivity index (χ1) is 21.1. The van der Waals surface area contributed by atoms with Gasteiger partial charge in [0.25, 0.3) is 5.91 Å². The molecule has 0 saturated carbocycles. The number of rotatable bonds is 12. The van der Waals surface area contributed by atoms with Gasteiger partial charge in [0.15, 0.2) is 0 Å². The van der Waals surface area contributed by atoms with Gasteiger partial charge in [0, 0.05) is 24.0 Å². The van der Waals surface area contributed by atoms with E-state index in [9.17, 15) is 19.5 Å². The zero-order valence-electron chi connectivity index (χ0n) is 25.7. The molecule has 3 amide bonds. The van der Waals surface area contributed by atoms with Gasteiger partial charge in [0.1, 0.15) is 6.04 Å². The van der Waals surface area contributed by atoms with E-state index < -0.39 is 28.7 Å². The number of aliphatic hydroxyl groups excluding tert-OH is 1. The summed E-state index contributed by atoms with van der Waals surface area (Å²) in [6.45, 7) is 14.0. The number of aliphatic hydroxyl groups is 1. The maximum absolute atomic E-state index is 15.0. The van der Waals surface area contributed by atoms with Crippen LogP contribution in [-0.4, -0.2) is 69.5 Å². The lowest BCUT2D eigenvalue weighted by molar-refractivity contribution is -0.142. The van der Waals surface area contributed by atoms with Gasteiger partial charge in [-0.2, -0.15) is 0 Å². The molecule has 3 saturated heterocycles. The maximum atomic E-state index is 15.0. The monoisotopic (exact) mass is 635 g/mol. The molecule has 1 spiro atoms. The average molecular weight is 636 g/mol. The third-order valence-electron chi connectivity index (χ3n) is 9.29. The lowest BCUT2D eigenvalue weighted by atomic mass is 9.70. The highest BCUT2D eigenvalue weighted by Gasteiger charge is 2.74. The van der Waals surface area contributed by atoms with Gasteiger partial charge in [-0.25, -0.2) is 0 Å². The second kappa shape index (κ2) is 13.1. The molecule has 3 aliphatic rings. The molecule has 2 aromatic rings. The number of para-hydroxylation sites is 2. The summed E-state index contributed by atoms with van der Waals surface area (Å²) in [7, 11) is 0. The quantitative estimate of drug-likeness (QED) is 0.295. The fourth-order valence-electron chi connectivity index (χ4n) is 7.64. The van der Waals surface area contributed by atoms with Crippen LogP contribution in [0.5, 0.6) is 0 Å². The molecule has 2 bridgehead atoms. The Labute approximate surface area is 269 Å². The van der Waals surface area contributed by atoms with E-state index in [1.165, 1.54) is 0 Å². The van der Waals surface area contributed by atoms with Crippen molar-refractivity contribution in [2.45, 2.75) is 62.1 Å². The standard InChI is InChI=1S/C35H42ClN3O4S/c1-6-18-37(24-13-9-8-10-14-24)32(41)28-27-16-17-35(44-27)29(28)33(42)39(25(21-40)20-22(3)4)31(35)34(43)38(19-7-2)30-23(5)12-11-15-26(30)36/h6-15,22,25,27-29,31,40H,1-2,16-21H2,3-5H3/t25-,27-,28+,29+,31?,35?/m1/s1. The minimum atomic E-state index is -0.871. The zero-order valence-corrected chi connectivity index (χ0v) is 27.3. The summed E-state index contributed by atoms with van der Waals surface area (Å²) >= 11 is 8.32. The summed E-state index contributed by atoms with van der Waals surface area (Å²) in [6.07, 6.45) is 5.23. The van der Waals surface area contributed by atoms with Crippen LogP contribution in [0.25, 0.3) is 0 Å². The number of carbonyl (C=O) groups is 3. The third-order valence-corrected chi connectivity index (χ3v) is 11.5. The highest BCUT2D eigenvalue weighted by atomic mass is 35.5. The molecule has 3 heterocycles. The number of hydrogen-bond acceptors (Lipinski definition) is 5. The Kier molecular flexibility index (Phi) is 9.64. The van der Waals surface area contributed by atoms with Gasteiger partial charge in [-0.1, -0.05) is 67.9 Å². The van der Waals surface area contributed by atoms with Crippen molar-refractivity contribution >= 4 is 52.5 Å². The van der Waals surface area contributed by atoms with Gasteiger partial charge in [-0.15, -0.1) is 24.9 Å². The highest BCUT2D eigenvalue weighted by molar-refractivity contribution is 8.02. The van der Waals surface area contributed by atoms with Crippen LogP contribution in [0.3, 0.4) is 0 Å². The molecule has 1 N–H and O–H groups in total. The van der Waals surface area contributed by atoms with Crippen molar-refractivity contribution in [1.82, 2.24) is 4.90 Å². The molecule has 3 aliphatic heterocycles. The number of benzene rings is 2. The Morgan fingerprint density at radius 3 is 2.39 bits per heavy atom. The molecule has 0 aromatic heterocycles. The molecular weight excluding hydrogens is 594 g/mol. The fraction of sp³-hybridized carbons (Fsp3) is 0.457. The normalized spacial score (nSPS) is 26.0. The highest BCUT2D eigenvalue weighted by Crippen LogP contribution is 2.67. The molecule has 5 rings (SSSR count). The van der Waals surface area contributed by atoms with Crippen LogP contribution in [-0.2, 0) is 14.4 Å². The van der Waals surface area contributed by atoms with Gasteiger partial charge in [0.05, 0.1) is 39.9 Å². The number of amides is 3. The maximum Gasteiger partial charge on any atom is 0.251 e. The molecule has 234 valence electrons. The van der Waals surface area contributed by atoms with Crippen LogP contribution in [0.1, 0.15) is 38.7 Å². The van der Waals surface area contributed by atoms with Gasteiger partial charge in [-0.3, -0.25) is 14.4 Å². The fourth-order valence-corrected chi connectivity index (χ4v) is 10.2.